The van der Waals surface area contributed by atoms with Gasteiger partial charge in [-0.05, 0) is 59.2 Å². The summed E-state index contributed by atoms with van der Waals surface area (Å²) in [6, 6.07) is 16.2. The maximum Gasteiger partial charge on any atom is 0.244 e. The fraction of sp³-hybridized carbons (Fsp3) is 0.222. The van der Waals surface area contributed by atoms with Gasteiger partial charge < -0.3 is 4.98 Å². The van der Waals surface area contributed by atoms with Crippen LogP contribution in [0.4, 0.5) is 4.39 Å². The van der Waals surface area contributed by atoms with E-state index in [1.807, 2.05) is 30.5 Å². The van der Waals surface area contributed by atoms with E-state index in [0.29, 0.717) is 10.9 Å². The Labute approximate surface area is 217 Å². The van der Waals surface area contributed by atoms with Crippen LogP contribution in [0.25, 0.3) is 28.1 Å². The van der Waals surface area contributed by atoms with Gasteiger partial charge in [0, 0.05) is 26.9 Å². The molecule has 1 N–H and O–H groups in total. The molecule has 1 saturated carbocycles. The molecule has 186 valence electrons. The number of tetrazole rings is 1. The van der Waals surface area contributed by atoms with Crippen molar-refractivity contribution in [2.45, 2.75) is 25.2 Å². The molecule has 1 fully saturated rings. The van der Waals surface area contributed by atoms with Crippen LogP contribution < -0.4 is 9.57 Å². The van der Waals surface area contributed by atoms with Gasteiger partial charge in [0.05, 0.1) is 23.1 Å². The standard InChI is InChI=1S/C27H24ClFN7O/c1-37-36-15-19(22-13-20(28)8-10-25(22)35-16-31-33-34-35)7-9-26(36)23(11-17-5-6-17)27-30-14-24(32-27)18-3-2-4-21(29)12-18/h2-4,7-10,12-17,23H,5-6,11H2,1H3,(H,30,32)/q+1. The van der Waals surface area contributed by atoms with Gasteiger partial charge in [-0.2, -0.15) is 4.68 Å². The van der Waals surface area contributed by atoms with E-state index in [1.54, 1.807) is 41.2 Å². The molecule has 0 saturated heterocycles. The summed E-state index contributed by atoms with van der Waals surface area (Å²) >= 11 is 6.36. The summed E-state index contributed by atoms with van der Waals surface area (Å²) < 4.78 is 17.2. The fourth-order valence-corrected chi connectivity index (χ4v) is 4.84. The van der Waals surface area contributed by atoms with Gasteiger partial charge in [-0.3, -0.25) is 4.84 Å². The topological polar surface area (TPSA) is 85.4 Å². The second-order valence-corrected chi connectivity index (χ2v) is 9.63. The van der Waals surface area contributed by atoms with Gasteiger partial charge in [0.1, 0.15) is 31.0 Å². The quantitative estimate of drug-likeness (QED) is 0.300. The summed E-state index contributed by atoms with van der Waals surface area (Å²) in [5.41, 5.74) is 5.05. The Balaban J connectivity index is 1.40. The number of nitrogens with one attached hydrogen (secondary N) is 1. The van der Waals surface area contributed by atoms with Gasteiger partial charge in [-0.25, -0.2) is 9.37 Å². The van der Waals surface area contributed by atoms with Crippen molar-refractivity contribution < 1.29 is 14.0 Å². The number of halogens is 2. The molecule has 1 atom stereocenters. The number of imidazole rings is 1. The van der Waals surface area contributed by atoms with E-state index in [1.165, 1.54) is 25.0 Å². The maximum absolute atomic E-state index is 13.8. The summed E-state index contributed by atoms with van der Waals surface area (Å²) in [6.07, 6.45) is 8.59. The number of H-pyrrole nitrogens is 1. The highest BCUT2D eigenvalue weighted by Gasteiger charge is 2.35. The zero-order chi connectivity index (χ0) is 25.4. The van der Waals surface area contributed by atoms with Crippen molar-refractivity contribution in [2.75, 3.05) is 7.11 Å². The number of pyridine rings is 1. The van der Waals surface area contributed by atoms with Gasteiger partial charge in [-0.1, -0.05) is 36.6 Å². The molecule has 1 aliphatic rings. The van der Waals surface area contributed by atoms with E-state index in [4.69, 9.17) is 21.4 Å². The Morgan fingerprint density at radius 1 is 1.16 bits per heavy atom. The van der Waals surface area contributed by atoms with Crippen LogP contribution >= 0.6 is 11.6 Å². The molecule has 0 spiro atoms. The first-order valence-electron chi connectivity index (χ1n) is 12.0. The molecule has 0 amide bonds. The SMILES string of the molecule is CO[n+]1cc(-c2cc(Cl)ccc2-n2cnnn2)ccc1C(CC1CC1)c1ncc(-c2cccc(F)c2)[nH]1. The van der Waals surface area contributed by atoms with Crippen LogP contribution in [-0.2, 0) is 0 Å². The monoisotopic (exact) mass is 516 g/mol. The van der Waals surface area contributed by atoms with Crippen molar-refractivity contribution in [3.05, 3.63) is 95.7 Å². The third-order valence-corrected chi connectivity index (χ3v) is 6.93. The minimum atomic E-state index is -0.280. The van der Waals surface area contributed by atoms with E-state index in [-0.39, 0.29) is 11.7 Å². The molecule has 6 rings (SSSR count). The molecule has 1 aliphatic carbocycles. The highest BCUT2D eigenvalue weighted by Crippen LogP contribution is 2.40. The van der Waals surface area contributed by atoms with Crippen LogP contribution in [0.15, 0.2) is 73.3 Å². The summed E-state index contributed by atoms with van der Waals surface area (Å²) in [4.78, 5) is 14.0. The Bertz CT molecular complexity index is 1550. The molecule has 0 aliphatic heterocycles. The normalized spacial score (nSPS) is 14.0. The third-order valence-electron chi connectivity index (χ3n) is 6.69. The van der Waals surface area contributed by atoms with Crippen LogP contribution in [0.1, 0.15) is 36.7 Å². The lowest BCUT2D eigenvalue weighted by Crippen LogP contribution is -2.45. The van der Waals surface area contributed by atoms with E-state index in [2.05, 4.69) is 26.6 Å². The smallest absolute Gasteiger partial charge is 0.244 e. The Kier molecular flexibility index (Phi) is 6.13. The van der Waals surface area contributed by atoms with E-state index in [0.717, 1.165) is 46.0 Å². The zero-order valence-corrected chi connectivity index (χ0v) is 20.8. The number of aromatic nitrogens is 7. The van der Waals surface area contributed by atoms with Crippen LogP contribution in [0, 0.1) is 11.7 Å². The third kappa shape index (κ3) is 4.82. The largest absolute Gasteiger partial charge is 0.341 e. The minimum Gasteiger partial charge on any atom is -0.341 e. The predicted molar refractivity (Wildman–Crippen MR) is 135 cm³/mol. The molecule has 3 aromatic heterocycles. The van der Waals surface area contributed by atoms with E-state index >= 15 is 0 Å². The zero-order valence-electron chi connectivity index (χ0n) is 20.1. The first kappa shape index (κ1) is 23.3. The predicted octanol–water partition coefficient (Wildman–Crippen LogP) is 4.79. The van der Waals surface area contributed by atoms with Crippen LogP contribution in [-0.4, -0.2) is 37.3 Å². The van der Waals surface area contributed by atoms with Gasteiger partial charge in [0.15, 0.2) is 0 Å². The summed E-state index contributed by atoms with van der Waals surface area (Å²) in [6.45, 7) is 0. The fourth-order valence-electron chi connectivity index (χ4n) is 4.67. The van der Waals surface area contributed by atoms with Gasteiger partial charge in [0.25, 0.3) is 0 Å². The van der Waals surface area contributed by atoms with Gasteiger partial charge in [0.2, 0.25) is 11.9 Å². The summed E-state index contributed by atoms with van der Waals surface area (Å²) in [7, 11) is 1.64. The number of aromatic amines is 1. The molecule has 0 bridgehead atoms. The van der Waals surface area contributed by atoms with Crippen LogP contribution in [0.3, 0.4) is 0 Å². The van der Waals surface area contributed by atoms with E-state index < -0.39 is 0 Å². The molecule has 37 heavy (non-hydrogen) atoms. The number of hydrogen-bond acceptors (Lipinski definition) is 5. The maximum atomic E-state index is 13.8. The number of nitrogens with zero attached hydrogens (tertiary/aromatic N) is 6. The lowest BCUT2D eigenvalue weighted by Gasteiger charge is -2.14. The number of rotatable bonds is 8. The highest BCUT2D eigenvalue weighted by atomic mass is 35.5. The first-order valence-corrected chi connectivity index (χ1v) is 12.4. The van der Waals surface area contributed by atoms with Crippen molar-refractivity contribution >= 4 is 11.6 Å². The molecule has 1 unspecified atom stereocenters. The lowest BCUT2D eigenvalue weighted by molar-refractivity contribution is -0.890. The molecule has 8 nitrogen and oxygen atoms in total. The molecule has 10 heteroatoms. The molecular formula is C27H24ClFN7O+. The average Bonchev–Trinajstić information content (AvgIpc) is 3.35. The summed E-state index contributed by atoms with van der Waals surface area (Å²) in [5, 5.41) is 12.2. The Morgan fingerprint density at radius 2 is 2.05 bits per heavy atom. The minimum absolute atomic E-state index is 0.0258. The van der Waals surface area contributed by atoms with Crippen molar-refractivity contribution in [2.24, 2.45) is 5.92 Å². The second kappa shape index (κ2) is 9.74. The van der Waals surface area contributed by atoms with Gasteiger partial charge in [-0.15, -0.1) is 5.10 Å². The van der Waals surface area contributed by atoms with Crippen molar-refractivity contribution in [3.8, 4) is 28.1 Å². The van der Waals surface area contributed by atoms with Crippen LogP contribution in [0.5, 0.6) is 0 Å². The number of benzene rings is 2. The van der Waals surface area contributed by atoms with Crippen molar-refractivity contribution in [1.82, 2.24) is 30.2 Å². The van der Waals surface area contributed by atoms with Crippen LogP contribution in [0.2, 0.25) is 5.02 Å². The molecule has 5 aromatic rings. The molecular weight excluding hydrogens is 493 g/mol. The summed E-state index contributed by atoms with van der Waals surface area (Å²) in [5.74, 6) is 1.15. The Morgan fingerprint density at radius 3 is 2.81 bits per heavy atom. The average molecular weight is 517 g/mol. The van der Waals surface area contributed by atoms with Crippen molar-refractivity contribution in [3.63, 3.8) is 0 Å². The van der Waals surface area contributed by atoms with E-state index in [9.17, 15) is 4.39 Å². The number of hydrogen-bond donors (Lipinski definition) is 1. The lowest BCUT2D eigenvalue weighted by atomic mass is 9.95. The van der Waals surface area contributed by atoms with Crippen molar-refractivity contribution in [1.29, 1.82) is 0 Å². The second-order valence-electron chi connectivity index (χ2n) is 9.19. The van der Waals surface area contributed by atoms with Gasteiger partial charge >= 0.3 is 0 Å². The molecule has 2 aromatic carbocycles. The Hall–Kier alpha value is -4.11. The molecule has 3 heterocycles. The highest BCUT2D eigenvalue weighted by molar-refractivity contribution is 6.31. The first-order chi connectivity index (χ1) is 18.1. The molecule has 0 radical (unpaired) electrons.